The maximum atomic E-state index is 11.7. The van der Waals surface area contributed by atoms with Gasteiger partial charge in [0.15, 0.2) is 0 Å². The summed E-state index contributed by atoms with van der Waals surface area (Å²) in [6, 6.07) is 0. The van der Waals surface area contributed by atoms with Crippen molar-refractivity contribution in [1.82, 2.24) is 0 Å². The Kier molecular flexibility index (Phi) is 3.13. The van der Waals surface area contributed by atoms with Crippen LogP contribution in [0.4, 0.5) is 0 Å². The molecule has 1 heterocycles. The highest BCUT2D eigenvalue weighted by atomic mass is 16.5. The van der Waals surface area contributed by atoms with Crippen molar-refractivity contribution in [3.8, 4) is 0 Å². The molecule has 2 rings (SSSR count). The largest absolute Gasteiger partial charge is 0.454 e. The zero-order valence-corrected chi connectivity index (χ0v) is 9.71. The van der Waals surface area contributed by atoms with Gasteiger partial charge in [-0.3, -0.25) is 0 Å². The summed E-state index contributed by atoms with van der Waals surface area (Å²) in [6.45, 7) is 4.29. The highest BCUT2D eigenvalue weighted by Crippen LogP contribution is 2.43. The molecule has 1 saturated carbocycles. The Balaban J connectivity index is 2.18. The molecular weight excluding hydrogens is 188 g/mol. The third-order valence-electron chi connectivity index (χ3n) is 3.28. The van der Waals surface area contributed by atoms with Crippen LogP contribution in [0.2, 0.25) is 0 Å². The molecule has 0 aromatic rings. The van der Waals surface area contributed by atoms with Crippen LogP contribution in [0.3, 0.4) is 0 Å². The van der Waals surface area contributed by atoms with Gasteiger partial charge in [0.05, 0.1) is 0 Å². The van der Waals surface area contributed by atoms with E-state index >= 15 is 0 Å². The van der Waals surface area contributed by atoms with E-state index in [0.29, 0.717) is 5.92 Å². The number of cyclic esters (lactones) is 1. The third kappa shape index (κ3) is 2.09. The average Bonchev–Trinajstić information content (AvgIpc) is 3.00. The fourth-order valence-corrected chi connectivity index (χ4v) is 2.42. The predicted molar refractivity (Wildman–Crippen MR) is 59.4 cm³/mol. The van der Waals surface area contributed by atoms with Crippen LogP contribution in [0.5, 0.6) is 0 Å². The van der Waals surface area contributed by atoms with E-state index in [4.69, 9.17) is 4.74 Å². The smallest absolute Gasteiger partial charge is 0.334 e. The van der Waals surface area contributed by atoms with E-state index in [1.807, 2.05) is 0 Å². The lowest BCUT2D eigenvalue weighted by Crippen LogP contribution is -2.13. The van der Waals surface area contributed by atoms with E-state index in [0.717, 1.165) is 31.3 Å². The van der Waals surface area contributed by atoms with Crippen LogP contribution in [0.25, 0.3) is 0 Å². The van der Waals surface area contributed by atoms with E-state index in [-0.39, 0.29) is 12.1 Å². The summed E-state index contributed by atoms with van der Waals surface area (Å²) in [4.78, 5) is 11.7. The van der Waals surface area contributed by atoms with Crippen molar-refractivity contribution in [2.75, 3.05) is 0 Å². The van der Waals surface area contributed by atoms with E-state index in [9.17, 15) is 4.79 Å². The maximum absolute atomic E-state index is 11.7. The van der Waals surface area contributed by atoms with Crippen LogP contribution in [0.15, 0.2) is 11.1 Å². The summed E-state index contributed by atoms with van der Waals surface area (Å²) in [5, 5.41) is 0. The lowest BCUT2D eigenvalue weighted by atomic mass is 9.95. The number of hydrogen-bond acceptors (Lipinski definition) is 2. The topological polar surface area (TPSA) is 26.3 Å². The van der Waals surface area contributed by atoms with Gasteiger partial charge in [0.2, 0.25) is 0 Å². The first-order valence-electron chi connectivity index (χ1n) is 6.20. The van der Waals surface area contributed by atoms with Crippen molar-refractivity contribution in [3.05, 3.63) is 11.1 Å². The molecule has 0 aromatic heterocycles. The number of ether oxygens (including phenoxy) is 1. The van der Waals surface area contributed by atoms with E-state index in [1.54, 1.807) is 0 Å². The minimum atomic E-state index is -0.0304. The Bertz CT molecular complexity index is 287. The van der Waals surface area contributed by atoms with Gasteiger partial charge >= 0.3 is 5.97 Å². The van der Waals surface area contributed by atoms with Crippen LogP contribution in [0, 0.1) is 5.92 Å². The fraction of sp³-hybridized carbons (Fsp3) is 0.769. The van der Waals surface area contributed by atoms with Gasteiger partial charge in [-0.15, -0.1) is 0 Å². The van der Waals surface area contributed by atoms with Crippen LogP contribution in [0.1, 0.15) is 52.4 Å². The van der Waals surface area contributed by atoms with Gasteiger partial charge in [-0.2, -0.15) is 0 Å². The van der Waals surface area contributed by atoms with Crippen molar-refractivity contribution in [3.63, 3.8) is 0 Å². The van der Waals surface area contributed by atoms with Crippen LogP contribution >= 0.6 is 0 Å². The Morgan fingerprint density at radius 3 is 2.40 bits per heavy atom. The first kappa shape index (κ1) is 10.7. The first-order chi connectivity index (χ1) is 7.27. The maximum Gasteiger partial charge on any atom is 0.334 e. The molecule has 0 aromatic carbocycles. The van der Waals surface area contributed by atoms with Crippen molar-refractivity contribution in [2.45, 2.75) is 58.5 Å². The van der Waals surface area contributed by atoms with Crippen LogP contribution < -0.4 is 0 Å². The molecule has 1 unspecified atom stereocenters. The Morgan fingerprint density at radius 1 is 1.20 bits per heavy atom. The van der Waals surface area contributed by atoms with Gasteiger partial charge in [-0.05, 0) is 37.2 Å². The van der Waals surface area contributed by atoms with Gasteiger partial charge in [0.25, 0.3) is 0 Å². The second kappa shape index (κ2) is 4.38. The van der Waals surface area contributed by atoms with E-state index < -0.39 is 0 Å². The minimum Gasteiger partial charge on any atom is -0.454 e. The van der Waals surface area contributed by atoms with Crippen LogP contribution in [-0.2, 0) is 9.53 Å². The third-order valence-corrected chi connectivity index (χ3v) is 3.28. The summed E-state index contributed by atoms with van der Waals surface area (Å²) in [6.07, 6.45) is 6.73. The summed E-state index contributed by atoms with van der Waals surface area (Å²) in [5.74, 6) is 0.613. The summed E-state index contributed by atoms with van der Waals surface area (Å²) in [7, 11) is 0. The zero-order chi connectivity index (χ0) is 10.8. The molecule has 0 amide bonds. The van der Waals surface area contributed by atoms with Gasteiger partial charge in [-0.1, -0.05) is 26.7 Å². The fourth-order valence-electron chi connectivity index (χ4n) is 2.42. The zero-order valence-electron chi connectivity index (χ0n) is 9.71. The first-order valence-corrected chi connectivity index (χ1v) is 6.20. The molecule has 1 fully saturated rings. The molecule has 1 aliphatic heterocycles. The SMILES string of the molecule is CCCC1=C(CCC)C(C2CC2)OC1=O. The molecule has 84 valence electrons. The Morgan fingerprint density at radius 2 is 1.87 bits per heavy atom. The molecule has 15 heavy (non-hydrogen) atoms. The molecule has 1 atom stereocenters. The van der Waals surface area contributed by atoms with Crippen molar-refractivity contribution >= 4 is 5.97 Å². The molecule has 0 saturated heterocycles. The normalized spacial score (nSPS) is 26.0. The molecule has 0 N–H and O–H groups in total. The highest BCUT2D eigenvalue weighted by molar-refractivity contribution is 5.92. The summed E-state index contributed by atoms with van der Waals surface area (Å²) >= 11 is 0. The summed E-state index contributed by atoms with van der Waals surface area (Å²) in [5.41, 5.74) is 2.32. The molecule has 2 heteroatoms. The quantitative estimate of drug-likeness (QED) is 0.648. The number of hydrogen-bond donors (Lipinski definition) is 0. The van der Waals surface area contributed by atoms with Crippen molar-refractivity contribution in [2.24, 2.45) is 5.92 Å². The molecule has 0 radical (unpaired) electrons. The second-order valence-corrected chi connectivity index (χ2v) is 4.67. The number of esters is 1. The van der Waals surface area contributed by atoms with Crippen molar-refractivity contribution < 1.29 is 9.53 Å². The summed E-state index contributed by atoms with van der Waals surface area (Å²) < 4.78 is 5.50. The standard InChI is InChI=1S/C13H20O2/c1-3-5-10-11(6-4-2)13(14)15-12(10)9-7-8-9/h9,12H,3-8H2,1-2H3. The number of carbonyl (C=O) groups excluding carboxylic acids is 1. The molecule has 0 bridgehead atoms. The van der Waals surface area contributed by atoms with Crippen LogP contribution in [-0.4, -0.2) is 12.1 Å². The molecule has 1 aliphatic carbocycles. The molecular formula is C13H20O2. The van der Waals surface area contributed by atoms with E-state index in [1.165, 1.54) is 18.4 Å². The molecule has 2 aliphatic rings. The Hall–Kier alpha value is -0.790. The second-order valence-electron chi connectivity index (χ2n) is 4.67. The predicted octanol–water partition coefficient (Wildman–Crippen LogP) is 3.22. The lowest BCUT2D eigenvalue weighted by molar-refractivity contribution is -0.140. The molecule has 2 nitrogen and oxygen atoms in total. The molecule has 0 spiro atoms. The Labute approximate surface area is 91.7 Å². The lowest BCUT2D eigenvalue weighted by Gasteiger charge is -2.12. The average molecular weight is 208 g/mol. The van der Waals surface area contributed by atoms with Gasteiger partial charge in [0, 0.05) is 5.57 Å². The number of rotatable bonds is 5. The highest BCUT2D eigenvalue weighted by Gasteiger charge is 2.42. The van der Waals surface area contributed by atoms with Gasteiger partial charge in [0.1, 0.15) is 6.10 Å². The van der Waals surface area contributed by atoms with Crippen molar-refractivity contribution in [1.29, 1.82) is 0 Å². The number of carbonyl (C=O) groups is 1. The van der Waals surface area contributed by atoms with E-state index in [2.05, 4.69) is 13.8 Å². The van der Waals surface area contributed by atoms with Gasteiger partial charge in [-0.25, -0.2) is 4.79 Å². The van der Waals surface area contributed by atoms with Gasteiger partial charge < -0.3 is 4.74 Å². The minimum absolute atomic E-state index is 0.0304. The monoisotopic (exact) mass is 208 g/mol.